The van der Waals surface area contributed by atoms with Crippen LogP contribution in [0.4, 0.5) is 0 Å². The normalized spacial score (nSPS) is 39.6. The predicted octanol–water partition coefficient (Wildman–Crippen LogP) is -5.39. The number of carbonyl (C=O) groups is 1. The molecule has 16 nitrogen and oxygen atoms in total. The highest BCUT2D eigenvalue weighted by Crippen LogP contribution is 2.36. The molecule has 0 saturated carbocycles. The molecule has 0 aromatic carbocycles. The van der Waals surface area contributed by atoms with Gasteiger partial charge in [0.05, 0.1) is 19.8 Å². The van der Waals surface area contributed by atoms with Crippen molar-refractivity contribution < 1.29 is 79.9 Å². The van der Waals surface area contributed by atoms with Crippen molar-refractivity contribution >= 4 is 5.78 Å². The lowest BCUT2D eigenvalue weighted by Crippen LogP contribution is -2.67. The zero-order chi connectivity index (χ0) is 30.6. The minimum atomic E-state index is -2.47. The summed E-state index contributed by atoms with van der Waals surface area (Å²) in [5.41, 5.74) is -4.86. The van der Waals surface area contributed by atoms with E-state index in [1.807, 2.05) is 0 Å². The van der Waals surface area contributed by atoms with Crippen LogP contribution in [-0.4, -0.2) is 167 Å². The van der Waals surface area contributed by atoms with E-state index >= 15 is 0 Å². The van der Waals surface area contributed by atoms with Crippen molar-refractivity contribution in [3.05, 3.63) is 0 Å². The first-order valence-electron chi connectivity index (χ1n) is 13.2. The van der Waals surface area contributed by atoms with Crippen molar-refractivity contribution in [1.82, 2.24) is 0 Å². The van der Waals surface area contributed by atoms with Crippen molar-refractivity contribution in [2.45, 2.75) is 125 Å². The van der Waals surface area contributed by atoms with Gasteiger partial charge in [0.25, 0.3) is 0 Å². The average Bonchev–Trinajstić information content (AvgIpc) is 2.96. The van der Waals surface area contributed by atoms with Crippen LogP contribution >= 0.6 is 0 Å². The van der Waals surface area contributed by atoms with Crippen LogP contribution in [0.15, 0.2) is 0 Å². The second-order valence-electron chi connectivity index (χ2n) is 10.2. The Morgan fingerprint density at radius 3 is 1.75 bits per heavy atom. The third kappa shape index (κ3) is 6.82. The molecule has 0 radical (unpaired) electrons. The van der Waals surface area contributed by atoms with Crippen molar-refractivity contribution in [2.75, 3.05) is 19.8 Å². The van der Waals surface area contributed by atoms with Crippen LogP contribution in [0.2, 0.25) is 0 Å². The van der Waals surface area contributed by atoms with E-state index in [-0.39, 0.29) is 19.3 Å². The number of ketones is 1. The summed E-state index contributed by atoms with van der Waals surface area (Å²) in [5.74, 6) is -0.753. The van der Waals surface area contributed by atoms with Gasteiger partial charge in [-0.1, -0.05) is 20.8 Å². The fourth-order valence-corrected chi connectivity index (χ4v) is 4.97. The van der Waals surface area contributed by atoms with Crippen LogP contribution in [0.25, 0.3) is 0 Å². The lowest BCUT2D eigenvalue weighted by atomic mass is 9.70. The van der Waals surface area contributed by atoms with Crippen molar-refractivity contribution in [2.24, 2.45) is 0 Å². The fourth-order valence-electron chi connectivity index (χ4n) is 4.97. The fraction of sp³-hybridized carbons (Fsp3) is 0.958. The van der Waals surface area contributed by atoms with Crippen LogP contribution in [0.3, 0.4) is 0 Å². The highest BCUT2D eigenvalue weighted by Gasteiger charge is 2.57. The molecule has 2 aliphatic rings. The molecule has 0 spiro atoms. The Labute approximate surface area is 230 Å². The summed E-state index contributed by atoms with van der Waals surface area (Å²) in [6.45, 7) is 2.13. The largest absolute Gasteiger partial charge is 0.394 e. The smallest absolute Gasteiger partial charge is 0.186 e. The molecule has 40 heavy (non-hydrogen) atoms. The molecule has 16 heteroatoms. The third-order valence-electron chi connectivity index (χ3n) is 7.78. The standard InChI is InChI=1S/C24H44O16/c1-4-13(27)23(35,5-2)24(36,6-3)20(34)10(26)8-37-21-19(33)17(31)15(29)12(40-21)9-38-22-18(32)16(30)14(28)11(7-25)39-22/h10-12,14-22,25-26,28-36H,4-9H2,1-3H3/t10-,11-,12-,14-,15-,16+,17+,18-,19-,20-,21+,22+,23+,24+/m1/s1. The van der Waals surface area contributed by atoms with Gasteiger partial charge in [0, 0.05) is 6.42 Å². The number of hydrogen-bond acceptors (Lipinski definition) is 16. The molecule has 2 fully saturated rings. The Morgan fingerprint density at radius 2 is 1.27 bits per heavy atom. The zero-order valence-corrected chi connectivity index (χ0v) is 22.6. The van der Waals surface area contributed by atoms with Gasteiger partial charge in [-0.3, -0.25) is 4.79 Å². The van der Waals surface area contributed by atoms with Gasteiger partial charge in [-0.05, 0) is 12.8 Å². The van der Waals surface area contributed by atoms with Gasteiger partial charge in [0.15, 0.2) is 24.0 Å². The number of ether oxygens (including phenoxy) is 4. The molecule has 0 amide bonds. The molecule has 0 bridgehead atoms. The lowest BCUT2D eigenvalue weighted by molar-refractivity contribution is -0.334. The topological polar surface area (TPSA) is 277 Å². The number of carbonyl (C=O) groups excluding carboxylic acids is 1. The molecular formula is C24H44O16. The second kappa shape index (κ2) is 14.5. The van der Waals surface area contributed by atoms with Crippen molar-refractivity contribution in [3.8, 4) is 0 Å². The maximum Gasteiger partial charge on any atom is 0.186 e. The van der Waals surface area contributed by atoms with E-state index in [9.17, 15) is 61.0 Å². The van der Waals surface area contributed by atoms with Gasteiger partial charge in [0.1, 0.15) is 66.6 Å². The Bertz CT molecular complexity index is 801. The lowest BCUT2D eigenvalue weighted by Gasteiger charge is -2.46. The number of Topliss-reactive ketones (excluding diaryl/α,β-unsaturated/α-hetero) is 1. The first kappa shape index (κ1) is 35.3. The van der Waals surface area contributed by atoms with Crippen LogP contribution < -0.4 is 0 Å². The van der Waals surface area contributed by atoms with E-state index in [1.54, 1.807) is 0 Å². The number of aliphatic hydroxyl groups is 11. The summed E-state index contributed by atoms with van der Waals surface area (Å²) in [5, 5.41) is 113. The first-order valence-corrected chi connectivity index (χ1v) is 13.2. The van der Waals surface area contributed by atoms with Crippen molar-refractivity contribution in [1.29, 1.82) is 0 Å². The predicted molar refractivity (Wildman–Crippen MR) is 130 cm³/mol. The highest BCUT2D eigenvalue weighted by molar-refractivity contribution is 5.88. The van der Waals surface area contributed by atoms with E-state index in [0.717, 1.165) is 0 Å². The Kier molecular flexibility index (Phi) is 12.8. The van der Waals surface area contributed by atoms with Gasteiger partial charge in [-0.15, -0.1) is 0 Å². The van der Waals surface area contributed by atoms with Gasteiger partial charge >= 0.3 is 0 Å². The molecule has 0 aromatic heterocycles. The summed E-state index contributed by atoms with van der Waals surface area (Å²) < 4.78 is 21.3. The Balaban J connectivity index is 2.08. The van der Waals surface area contributed by atoms with E-state index < -0.39 is 110 Å². The Hall–Kier alpha value is -0.930. The second-order valence-corrected chi connectivity index (χ2v) is 10.2. The number of rotatable bonds is 14. The molecule has 0 unspecified atom stereocenters. The highest BCUT2D eigenvalue weighted by atomic mass is 16.7. The van der Waals surface area contributed by atoms with Gasteiger partial charge < -0.3 is 75.1 Å². The average molecular weight is 589 g/mol. The molecule has 2 saturated heterocycles. The monoisotopic (exact) mass is 588 g/mol. The molecular weight excluding hydrogens is 544 g/mol. The number of hydrogen-bond donors (Lipinski definition) is 11. The van der Waals surface area contributed by atoms with Gasteiger partial charge in [0.2, 0.25) is 0 Å². The van der Waals surface area contributed by atoms with Crippen LogP contribution in [-0.2, 0) is 23.7 Å². The quantitative estimate of drug-likeness (QED) is 0.0903. The van der Waals surface area contributed by atoms with Gasteiger partial charge in [-0.2, -0.15) is 0 Å². The van der Waals surface area contributed by atoms with E-state index in [0.29, 0.717) is 0 Å². The van der Waals surface area contributed by atoms with E-state index in [2.05, 4.69) is 0 Å². The summed E-state index contributed by atoms with van der Waals surface area (Å²) in [7, 11) is 0. The van der Waals surface area contributed by atoms with Crippen LogP contribution in [0.5, 0.6) is 0 Å². The maximum atomic E-state index is 12.4. The Morgan fingerprint density at radius 1 is 0.775 bits per heavy atom. The van der Waals surface area contributed by atoms with Crippen molar-refractivity contribution in [3.63, 3.8) is 0 Å². The molecule has 2 heterocycles. The first-order chi connectivity index (χ1) is 18.6. The maximum absolute atomic E-state index is 12.4. The molecule has 236 valence electrons. The molecule has 2 rings (SSSR count). The summed E-state index contributed by atoms with van der Waals surface area (Å²) in [6.07, 6.45) is -21.3. The molecule has 2 aliphatic heterocycles. The van der Waals surface area contributed by atoms with Gasteiger partial charge in [-0.25, -0.2) is 0 Å². The summed E-state index contributed by atoms with van der Waals surface area (Å²) in [4.78, 5) is 12.4. The third-order valence-corrected chi connectivity index (χ3v) is 7.78. The minimum absolute atomic E-state index is 0.152. The minimum Gasteiger partial charge on any atom is -0.394 e. The number of aliphatic hydroxyl groups excluding tert-OH is 9. The van der Waals surface area contributed by atoms with E-state index in [4.69, 9.17) is 18.9 Å². The molecule has 0 aliphatic carbocycles. The van der Waals surface area contributed by atoms with Crippen LogP contribution in [0, 0.1) is 0 Å². The summed E-state index contributed by atoms with van der Waals surface area (Å²) in [6, 6.07) is 0. The molecule has 11 N–H and O–H groups in total. The molecule has 14 atom stereocenters. The summed E-state index contributed by atoms with van der Waals surface area (Å²) >= 11 is 0. The SMILES string of the molecule is CCC(=O)[C@@](O)(CC)[C@](O)(CC)[C@H](O)[C@H](O)CO[C@H]1O[C@H](CO[C@H]2O[C@H](CO)[C@@H](O)[C@H](O)[C@H]2O)[C@@H](O)[C@H](O)[C@H]1O. The van der Waals surface area contributed by atoms with Crippen LogP contribution in [0.1, 0.15) is 40.0 Å². The zero-order valence-electron chi connectivity index (χ0n) is 22.6. The molecule has 0 aromatic rings. The van der Waals surface area contributed by atoms with E-state index in [1.165, 1.54) is 20.8 Å².